The van der Waals surface area contributed by atoms with Crippen LogP contribution in [0.3, 0.4) is 0 Å². The molecule has 0 aliphatic rings. The molecule has 8 nitrogen and oxygen atoms in total. The lowest BCUT2D eigenvalue weighted by Crippen LogP contribution is -2.22. The van der Waals surface area contributed by atoms with E-state index in [4.69, 9.17) is 9.47 Å². The standard InChI is InChI=1S/C25H34N2O6/c1-32-22-14-18(10-12-20(22)28)16-26-24(30)8-6-4-3-5-7-9-25(31)27-17-19-11-13-21(29)23(15-19)33-2/h10-15,28-29H,3-9,16-17H2,1-2H3,(H,26,30)(H,27,31). The molecular formula is C25H34N2O6. The number of hydrogen-bond donors (Lipinski definition) is 4. The van der Waals surface area contributed by atoms with Crippen molar-refractivity contribution < 1.29 is 29.3 Å². The molecule has 2 amide bonds. The number of hydrogen-bond acceptors (Lipinski definition) is 6. The van der Waals surface area contributed by atoms with Gasteiger partial charge in [-0.15, -0.1) is 0 Å². The quantitative estimate of drug-likeness (QED) is 0.320. The van der Waals surface area contributed by atoms with Crippen molar-refractivity contribution in [3.63, 3.8) is 0 Å². The van der Waals surface area contributed by atoms with Crippen LogP contribution >= 0.6 is 0 Å². The molecule has 0 saturated carbocycles. The second-order valence-electron chi connectivity index (χ2n) is 7.83. The summed E-state index contributed by atoms with van der Waals surface area (Å²) in [5.41, 5.74) is 1.72. The molecule has 0 bridgehead atoms. The zero-order chi connectivity index (χ0) is 24.1. The SMILES string of the molecule is COc1cc(CNC(=O)CCCCCCCC(=O)NCc2ccc(O)c(OC)c2)ccc1O. The summed E-state index contributed by atoms with van der Waals surface area (Å²) in [5.74, 6) is 0.901. The number of phenolic OH excluding ortho intramolecular Hbond substituents is 2. The van der Waals surface area contributed by atoms with Gasteiger partial charge in [-0.3, -0.25) is 9.59 Å². The third-order valence-corrected chi connectivity index (χ3v) is 5.28. The summed E-state index contributed by atoms with van der Waals surface area (Å²) < 4.78 is 10.1. The Bertz CT molecular complexity index is 842. The Balaban J connectivity index is 1.50. The minimum atomic E-state index is -0.00715. The molecule has 33 heavy (non-hydrogen) atoms. The molecular weight excluding hydrogens is 424 g/mol. The monoisotopic (exact) mass is 458 g/mol. The lowest BCUT2D eigenvalue weighted by Gasteiger charge is -2.09. The van der Waals surface area contributed by atoms with Crippen LogP contribution < -0.4 is 20.1 Å². The number of carbonyl (C=O) groups excluding carboxylic acids is 2. The third kappa shape index (κ3) is 9.31. The van der Waals surface area contributed by atoms with Gasteiger partial charge in [0.25, 0.3) is 0 Å². The number of benzene rings is 2. The first-order chi connectivity index (χ1) is 15.9. The molecule has 2 aromatic carbocycles. The van der Waals surface area contributed by atoms with Crippen molar-refractivity contribution in [2.45, 2.75) is 58.0 Å². The Kier molecular flexibility index (Phi) is 10.9. The molecule has 2 aromatic rings. The molecule has 0 aliphatic heterocycles. The second-order valence-corrected chi connectivity index (χ2v) is 7.83. The predicted molar refractivity (Wildman–Crippen MR) is 125 cm³/mol. The van der Waals surface area contributed by atoms with Crippen LogP contribution in [0.2, 0.25) is 0 Å². The highest BCUT2D eigenvalue weighted by Gasteiger charge is 2.07. The van der Waals surface area contributed by atoms with E-state index in [1.165, 1.54) is 14.2 Å². The summed E-state index contributed by atoms with van der Waals surface area (Å²) in [6.07, 6.45) is 5.40. The number of unbranched alkanes of at least 4 members (excludes halogenated alkanes) is 4. The maximum atomic E-state index is 12.0. The maximum Gasteiger partial charge on any atom is 0.220 e. The molecule has 0 aliphatic carbocycles. The molecule has 0 atom stereocenters. The Morgan fingerprint density at radius 1 is 0.697 bits per heavy atom. The third-order valence-electron chi connectivity index (χ3n) is 5.28. The van der Waals surface area contributed by atoms with Gasteiger partial charge in [0.05, 0.1) is 14.2 Å². The zero-order valence-corrected chi connectivity index (χ0v) is 19.4. The van der Waals surface area contributed by atoms with Crippen LogP contribution in [-0.4, -0.2) is 36.2 Å². The molecule has 0 spiro atoms. The van der Waals surface area contributed by atoms with Crippen molar-refractivity contribution in [3.05, 3.63) is 47.5 Å². The van der Waals surface area contributed by atoms with Gasteiger partial charge in [-0.05, 0) is 48.2 Å². The zero-order valence-electron chi connectivity index (χ0n) is 19.4. The molecule has 0 heterocycles. The van der Waals surface area contributed by atoms with Crippen molar-refractivity contribution in [1.29, 1.82) is 0 Å². The van der Waals surface area contributed by atoms with Crippen molar-refractivity contribution >= 4 is 11.8 Å². The van der Waals surface area contributed by atoms with E-state index >= 15 is 0 Å². The number of ether oxygens (including phenoxy) is 2. The average Bonchev–Trinajstić information content (AvgIpc) is 2.82. The Morgan fingerprint density at radius 2 is 1.09 bits per heavy atom. The number of nitrogens with one attached hydrogen (secondary N) is 2. The highest BCUT2D eigenvalue weighted by molar-refractivity contribution is 5.76. The fourth-order valence-electron chi connectivity index (χ4n) is 3.34. The van der Waals surface area contributed by atoms with Crippen molar-refractivity contribution in [3.8, 4) is 23.0 Å². The van der Waals surface area contributed by atoms with Crippen molar-refractivity contribution in [2.75, 3.05) is 14.2 Å². The molecule has 4 N–H and O–H groups in total. The van der Waals surface area contributed by atoms with Gasteiger partial charge in [0, 0.05) is 25.9 Å². The largest absolute Gasteiger partial charge is 0.504 e. The van der Waals surface area contributed by atoms with Crippen LogP contribution in [0.25, 0.3) is 0 Å². The van der Waals surface area contributed by atoms with E-state index in [1.807, 2.05) is 0 Å². The van der Waals surface area contributed by atoms with Gasteiger partial charge in [-0.1, -0.05) is 31.4 Å². The normalized spacial score (nSPS) is 10.5. The number of phenols is 2. The summed E-state index contributed by atoms with van der Waals surface area (Å²) in [4.78, 5) is 24.0. The lowest BCUT2D eigenvalue weighted by molar-refractivity contribution is -0.122. The Labute approximate surface area is 194 Å². The second kappa shape index (κ2) is 13.9. The van der Waals surface area contributed by atoms with Crippen LogP contribution in [-0.2, 0) is 22.7 Å². The van der Waals surface area contributed by atoms with Gasteiger partial charge in [0.2, 0.25) is 11.8 Å². The predicted octanol–water partition coefficient (Wildman–Crippen LogP) is 3.78. The van der Waals surface area contributed by atoms with Gasteiger partial charge in [-0.2, -0.15) is 0 Å². The average molecular weight is 459 g/mol. The minimum Gasteiger partial charge on any atom is -0.504 e. The Hall–Kier alpha value is -3.42. The topological polar surface area (TPSA) is 117 Å². The summed E-state index contributed by atoms with van der Waals surface area (Å²) in [5, 5.41) is 24.9. The first-order valence-electron chi connectivity index (χ1n) is 11.2. The molecule has 0 unspecified atom stereocenters. The highest BCUT2D eigenvalue weighted by atomic mass is 16.5. The number of amides is 2. The van der Waals surface area contributed by atoms with E-state index in [0.717, 1.165) is 43.2 Å². The van der Waals surface area contributed by atoms with Gasteiger partial charge in [0.15, 0.2) is 23.0 Å². The number of carbonyl (C=O) groups is 2. The van der Waals surface area contributed by atoms with E-state index in [2.05, 4.69) is 10.6 Å². The maximum absolute atomic E-state index is 12.0. The highest BCUT2D eigenvalue weighted by Crippen LogP contribution is 2.27. The minimum absolute atomic E-state index is 0.00715. The van der Waals surface area contributed by atoms with Gasteiger partial charge in [0.1, 0.15) is 0 Å². The fourth-order valence-corrected chi connectivity index (χ4v) is 3.34. The molecule has 0 fully saturated rings. The first-order valence-corrected chi connectivity index (χ1v) is 11.2. The summed E-state index contributed by atoms with van der Waals surface area (Å²) in [7, 11) is 2.97. The van der Waals surface area contributed by atoms with Crippen LogP contribution in [0.4, 0.5) is 0 Å². The van der Waals surface area contributed by atoms with Crippen LogP contribution in [0.1, 0.15) is 56.1 Å². The van der Waals surface area contributed by atoms with Crippen molar-refractivity contribution in [1.82, 2.24) is 10.6 Å². The van der Waals surface area contributed by atoms with Gasteiger partial charge < -0.3 is 30.3 Å². The van der Waals surface area contributed by atoms with Gasteiger partial charge >= 0.3 is 0 Å². The van der Waals surface area contributed by atoms with E-state index in [-0.39, 0.29) is 23.3 Å². The summed E-state index contributed by atoms with van der Waals surface area (Å²) >= 11 is 0. The molecule has 8 heteroatoms. The fraction of sp³-hybridized carbons (Fsp3) is 0.440. The van der Waals surface area contributed by atoms with Crippen LogP contribution in [0.15, 0.2) is 36.4 Å². The number of methoxy groups -OCH3 is 2. The van der Waals surface area contributed by atoms with Crippen LogP contribution in [0, 0.1) is 0 Å². The summed E-state index contributed by atoms with van der Waals surface area (Å²) in [6, 6.07) is 9.99. The molecule has 0 saturated heterocycles. The first kappa shape index (κ1) is 25.8. The van der Waals surface area contributed by atoms with E-state index in [9.17, 15) is 19.8 Å². The summed E-state index contributed by atoms with van der Waals surface area (Å²) in [6.45, 7) is 0.781. The molecule has 0 aromatic heterocycles. The molecule has 2 rings (SSSR count). The van der Waals surface area contributed by atoms with Gasteiger partial charge in [-0.25, -0.2) is 0 Å². The van der Waals surface area contributed by atoms with Crippen molar-refractivity contribution in [2.24, 2.45) is 0 Å². The smallest absolute Gasteiger partial charge is 0.220 e. The molecule has 180 valence electrons. The van der Waals surface area contributed by atoms with E-state index in [0.29, 0.717) is 37.4 Å². The number of rotatable bonds is 14. The van der Waals surface area contributed by atoms with E-state index < -0.39 is 0 Å². The van der Waals surface area contributed by atoms with E-state index in [1.54, 1.807) is 36.4 Å². The lowest BCUT2D eigenvalue weighted by atomic mass is 10.1. The Morgan fingerprint density at radius 3 is 1.48 bits per heavy atom. The molecule has 0 radical (unpaired) electrons. The number of aromatic hydroxyl groups is 2. The van der Waals surface area contributed by atoms with Crippen LogP contribution in [0.5, 0.6) is 23.0 Å².